The van der Waals surface area contributed by atoms with Gasteiger partial charge >= 0.3 is 0 Å². The summed E-state index contributed by atoms with van der Waals surface area (Å²) in [6.45, 7) is 1.48. The van der Waals surface area contributed by atoms with Crippen LogP contribution in [0, 0.1) is 0 Å². The molecule has 1 aliphatic rings. The molecule has 0 unspecified atom stereocenters. The number of nitrogens with zero attached hydrogens (tertiary/aromatic N) is 1. The van der Waals surface area contributed by atoms with Gasteiger partial charge in [-0.05, 0) is 29.8 Å². The molecule has 1 aromatic heterocycles. The summed E-state index contributed by atoms with van der Waals surface area (Å²) in [4.78, 5) is 14.6. The Labute approximate surface area is 150 Å². The fourth-order valence-corrected chi connectivity index (χ4v) is 5.42. The van der Waals surface area contributed by atoms with Crippen LogP contribution in [-0.4, -0.2) is 42.6 Å². The summed E-state index contributed by atoms with van der Waals surface area (Å²) < 4.78 is 11.0. The standard InChI is InChI=1S/C18H21NO3S2/c1-21-10-8-19(13-16-3-2-9-22-16)17(20)14-4-6-15(7-5-14)18-23-11-12-24-18/h2-7,9,18H,8,10-13H2,1H3. The van der Waals surface area contributed by atoms with Gasteiger partial charge in [0, 0.05) is 30.7 Å². The zero-order valence-electron chi connectivity index (χ0n) is 13.6. The van der Waals surface area contributed by atoms with E-state index < -0.39 is 0 Å². The first-order valence-corrected chi connectivity index (χ1v) is 10.0. The summed E-state index contributed by atoms with van der Waals surface area (Å²) in [5.41, 5.74) is 1.99. The number of carbonyl (C=O) groups excluding carboxylic acids is 1. The van der Waals surface area contributed by atoms with Crippen LogP contribution in [0.1, 0.15) is 26.3 Å². The van der Waals surface area contributed by atoms with Gasteiger partial charge in [-0.15, -0.1) is 23.5 Å². The van der Waals surface area contributed by atoms with E-state index in [1.165, 1.54) is 17.1 Å². The Morgan fingerprint density at radius 1 is 1.25 bits per heavy atom. The molecule has 0 atom stereocenters. The molecule has 2 aromatic rings. The smallest absolute Gasteiger partial charge is 0.254 e. The lowest BCUT2D eigenvalue weighted by atomic mass is 10.1. The predicted octanol–water partition coefficient (Wildman–Crippen LogP) is 4.05. The molecule has 6 heteroatoms. The first kappa shape index (κ1) is 17.5. The molecule has 1 fully saturated rings. The third-order valence-electron chi connectivity index (χ3n) is 3.83. The monoisotopic (exact) mass is 363 g/mol. The molecule has 1 aromatic carbocycles. The molecule has 0 bridgehead atoms. The maximum Gasteiger partial charge on any atom is 0.254 e. The Balaban J connectivity index is 1.70. The van der Waals surface area contributed by atoms with E-state index in [-0.39, 0.29) is 5.91 Å². The van der Waals surface area contributed by atoms with Crippen LogP contribution in [0.2, 0.25) is 0 Å². The normalized spacial score (nSPS) is 14.9. The van der Waals surface area contributed by atoms with Crippen molar-refractivity contribution in [2.24, 2.45) is 0 Å². The van der Waals surface area contributed by atoms with E-state index in [0.717, 1.165) is 5.76 Å². The summed E-state index contributed by atoms with van der Waals surface area (Å²) in [7, 11) is 1.64. The first-order chi connectivity index (χ1) is 11.8. The van der Waals surface area contributed by atoms with Crippen LogP contribution in [0.5, 0.6) is 0 Å². The molecule has 0 aliphatic carbocycles. The minimum atomic E-state index is 0.00160. The summed E-state index contributed by atoms with van der Waals surface area (Å²) in [5.74, 6) is 3.17. The number of thioether (sulfide) groups is 2. The summed E-state index contributed by atoms with van der Waals surface area (Å²) in [6.07, 6.45) is 1.63. The number of rotatable bonds is 7. The molecule has 3 rings (SSSR count). The topological polar surface area (TPSA) is 42.7 Å². The van der Waals surface area contributed by atoms with Crippen molar-refractivity contribution in [3.63, 3.8) is 0 Å². The highest BCUT2D eigenvalue weighted by atomic mass is 32.2. The van der Waals surface area contributed by atoms with E-state index in [1.54, 1.807) is 18.3 Å². The lowest BCUT2D eigenvalue weighted by Gasteiger charge is -2.21. The second-order valence-electron chi connectivity index (χ2n) is 5.49. The van der Waals surface area contributed by atoms with Crippen molar-refractivity contribution in [1.29, 1.82) is 0 Å². The van der Waals surface area contributed by atoms with Gasteiger partial charge in [0.1, 0.15) is 5.76 Å². The van der Waals surface area contributed by atoms with Gasteiger partial charge < -0.3 is 14.1 Å². The lowest BCUT2D eigenvalue weighted by molar-refractivity contribution is 0.0666. The number of methoxy groups -OCH3 is 1. The van der Waals surface area contributed by atoms with Gasteiger partial charge in [0.25, 0.3) is 5.91 Å². The Morgan fingerprint density at radius 3 is 2.62 bits per heavy atom. The molecular weight excluding hydrogens is 342 g/mol. The fraction of sp³-hybridized carbons (Fsp3) is 0.389. The second kappa shape index (κ2) is 8.65. The maximum absolute atomic E-state index is 12.8. The van der Waals surface area contributed by atoms with Crippen LogP contribution in [-0.2, 0) is 11.3 Å². The van der Waals surface area contributed by atoms with E-state index in [9.17, 15) is 4.79 Å². The van der Waals surface area contributed by atoms with Crippen molar-refractivity contribution < 1.29 is 13.9 Å². The second-order valence-corrected chi connectivity index (χ2v) is 8.22. The Hall–Kier alpha value is -1.37. The number of hydrogen-bond acceptors (Lipinski definition) is 5. The molecule has 24 heavy (non-hydrogen) atoms. The molecule has 4 nitrogen and oxygen atoms in total. The molecule has 128 valence electrons. The number of ether oxygens (including phenoxy) is 1. The van der Waals surface area contributed by atoms with Gasteiger partial charge in [-0.25, -0.2) is 0 Å². The Morgan fingerprint density at radius 2 is 2.00 bits per heavy atom. The predicted molar refractivity (Wildman–Crippen MR) is 99.4 cm³/mol. The van der Waals surface area contributed by atoms with E-state index in [4.69, 9.17) is 9.15 Å². The van der Waals surface area contributed by atoms with Crippen molar-refractivity contribution in [3.05, 3.63) is 59.5 Å². The third-order valence-corrected chi connectivity index (χ3v) is 6.94. The van der Waals surface area contributed by atoms with Crippen LogP contribution < -0.4 is 0 Å². The van der Waals surface area contributed by atoms with Crippen LogP contribution in [0.15, 0.2) is 47.1 Å². The minimum Gasteiger partial charge on any atom is -0.467 e. The van der Waals surface area contributed by atoms with Crippen molar-refractivity contribution >= 4 is 29.4 Å². The molecule has 0 spiro atoms. The zero-order valence-corrected chi connectivity index (χ0v) is 15.3. The van der Waals surface area contributed by atoms with Gasteiger partial charge in [-0.3, -0.25) is 4.79 Å². The zero-order chi connectivity index (χ0) is 16.8. The maximum atomic E-state index is 12.8. The summed E-state index contributed by atoms with van der Waals surface area (Å²) >= 11 is 3.94. The van der Waals surface area contributed by atoms with E-state index in [1.807, 2.05) is 47.8 Å². The average Bonchev–Trinajstić information content (AvgIpc) is 3.32. The largest absolute Gasteiger partial charge is 0.467 e. The molecule has 2 heterocycles. The van der Waals surface area contributed by atoms with Crippen molar-refractivity contribution in [2.45, 2.75) is 11.1 Å². The Bertz CT molecular complexity index is 637. The molecule has 1 aliphatic heterocycles. The summed E-state index contributed by atoms with van der Waals surface area (Å²) in [5, 5.41) is 0. The van der Waals surface area contributed by atoms with Crippen molar-refractivity contribution in [1.82, 2.24) is 4.90 Å². The molecule has 0 N–H and O–H groups in total. The highest BCUT2D eigenvalue weighted by molar-refractivity contribution is 8.19. The number of amides is 1. The molecule has 0 saturated carbocycles. The number of benzene rings is 1. The highest BCUT2D eigenvalue weighted by Crippen LogP contribution is 2.45. The molecule has 0 radical (unpaired) electrons. The molecule has 1 amide bonds. The van der Waals surface area contributed by atoms with Gasteiger partial charge in [-0.1, -0.05) is 12.1 Å². The summed E-state index contributed by atoms with van der Waals surface area (Å²) in [6, 6.07) is 11.7. The van der Waals surface area contributed by atoms with E-state index in [0.29, 0.717) is 29.8 Å². The van der Waals surface area contributed by atoms with Crippen molar-refractivity contribution in [2.75, 3.05) is 31.8 Å². The Kier molecular flexibility index (Phi) is 6.29. The van der Waals surface area contributed by atoms with Gasteiger partial charge in [0.05, 0.1) is 24.0 Å². The number of furan rings is 1. The van der Waals surface area contributed by atoms with Gasteiger partial charge in [0.2, 0.25) is 0 Å². The van der Waals surface area contributed by atoms with Crippen LogP contribution >= 0.6 is 23.5 Å². The number of hydrogen-bond donors (Lipinski definition) is 0. The van der Waals surface area contributed by atoms with E-state index >= 15 is 0 Å². The fourth-order valence-electron chi connectivity index (χ4n) is 2.56. The first-order valence-electron chi connectivity index (χ1n) is 7.91. The van der Waals surface area contributed by atoms with E-state index in [2.05, 4.69) is 12.1 Å². The van der Waals surface area contributed by atoms with Crippen LogP contribution in [0.3, 0.4) is 0 Å². The van der Waals surface area contributed by atoms with Crippen LogP contribution in [0.4, 0.5) is 0 Å². The molecular formula is C18H21NO3S2. The van der Waals surface area contributed by atoms with Gasteiger partial charge in [-0.2, -0.15) is 0 Å². The van der Waals surface area contributed by atoms with Crippen LogP contribution in [0.25, 0.3) is 0 Å². The highest BCUT2D eigenvalue weighted by Gasteiger charge is 2.20. The quantitative estimate of drug-likeness (QED) is 0.742. The molecule has 1 saturated heterocycles. The SMILES string of the molecule is COCCN(Cc1ccco1)C(=O)c1ccc(C2SCCS2)cc1. The van der Waals surface area contributed by atoms with Crippen molar-refractivity contribution in [3.8, 4) is 0 Å². The number of carbonyl (C=O) groups is 1. The average molecular weight is 364 g/mol. The third kappa shape index (κ3) is 4.37. The van der Waals surface area contributed by atoms with Gasteiger partial charge in [0.15, 0.2) is 0 Å². The minimum absolute atomic E-state index is 0.00160. The lowest BCUT2D eigenvalue weighted by Crippen LogP contribution is -2.33.